The van der Waals surface area contributed by atoms with Crippen molar-refractivity contribution in [2.45, 2.75) is 12.5 Å². The quantitative estimate of drug-likeness (QED) is 0.760. The lowest BCUT2D eigenvalue weighted by molar-refractivity contribution is -0.138. The van der Waals surface area contributed by atoms with E-state index in [0.717, 1.165) is 11.3 Å². The molecule has 1 aromatic carbocycles. The van der Waals surface area contributed by atoms with Gasteiger partial charge in [0, 0.05) is 18.7 Å². The molecule has 1 aliphatic heterocycles. The summed E-state index contributed by atoms with van der Waals surface area (Å²) in [6.45, 7) is 4.23. The van der Waals surface area contributed by atoms with Crippen molar-refractivity contribution in [2.75, 3.05) is 11.4 Å². The van der Waals surface area contributed by atoms with E-state index in [4.69, 9.17) is 5.11 Å². The van der Waals surface area contributed by atoms with Crippen molar-refractivity contribution >= 4 is 11.7 Å². The van der Waals surface area contributed by atoms with Crippen molar-refractivity contribution in [3.8, 4) is 0 Å². The predicted octanol–water partition coefficient (Wildman–Crippen LogP) is 1.69. The molecule has 1 atom stereocenters. The van der Waals surface area contributed by atoms with Crippen molar-refractivity contribution < 1.29 is 9.90 Å². The Morgan fingerprint density at radius 2 is 2.33 bits per heavy atom. The zero-order valence-electron chi connectivity index (χ0n) is 8.39. The summed E-state index contributed by atoms with van der Waals surface area (Å²) >= 11 is 0. The fourth-order valence-corrected chi connectivity index (χ4v) is 2.04. The highest BCUT2D eigenvalue weighted by atomic mass is 16.4. The van der Waals surface area contributed by atoms with Crippen LogP contribution < -0.4 is 4.90 Å². The Balaban J connectivity index is 2.37. The number of aliphatic carboxylic acids is 1. The number of para-hydroxylation sites is 1. The molecule has 1 aliphatic rings. The standard InChI is InChI=1S/C12H13NO2/c1-2-7-13-10-6-4-3-5-9(10)8-11(13)12(14)15/h2-6,11H,1,7-8H2,(H,14,15). The van der Waals surface area contributed by atoms with Crippen LogP contribution in [0.1, 0.15) is 5.56 Å². The van der Waals surface area contributed by atoms with Crippen LogP contribution >= 0.6 is 0 Å². The van der Waals surface area contributed by atoms with Gasteiger partial charge < -0.3 is 10.0 Å². The van der Waals surface area contributed by atoms with E-state index in [-0.39, 0.29) is 0 Å². The van der Waals surface area contributed by atoms with E-state index in [9.17, 15) is 4.79 Å². The number of hydrogen-bond donors (Lipinski definition) is 1. The lowest BCUT2D eigenvalue weighted by Gasteiger charge is -2.22. The molecule has 0 spiro atoms. The Hall–Kier alpha value is -1.77. The summed E-state index contributed by atoms with van der Waals surface area (Å²) in [5.74, 6) is -0.770. The minimum absolute atomic E-state index is 0.444. The zero-order chi connectivity index (χ0) is 10.8. The zero-order valence-corrected chi connectivity index (χ0v) is 8.39. The van der Waals surface area contributed by atoms with Gasteiger partial charge in [0.2, 0.25) is 0 Å². The molecule has 1 unspecified atom stereocenters. The van der Waals surface area contributed by atoms with Gasteiger partial charge in [-0.15, -0.1) is 6.58 Å². The van der Waals surface area contributed by atoms with Gasteiger partial charge in [0.1, 0.15) is 6.04 Å². The van der Waals surface area contributed by atoms with Gasteiger partial charge >= 0.3 is 5.97 Å². The summed E-state index contributed by atoms with van der Waals surface area (Å²) in [6.07, 6.45) is 2.32. The third kappa shape index (κ3) is 1.61. The number of carboxylic acids is 1. The number of carbonyl (C=O) groups is 1. The van der Waals surface area contributed by atoms with Gasteiger partial charge in [-0.1, -0.05) is 24.3 Å². The first-order valence-corrected chi connectivity index (χ1v) is 4.92. The summed E-state index contributed by atoms with van der Waals surface area (Å²) in [4.78, 5) is 13.0. The maximum absolute atomic E-state index is 11.1. The van der Waals surface area contributed by atoms with E-state index >= 15 is 0 Å². The van der Waals surface area contributed by atoms with Crippen LogP contribution in [0, 0.1) is 0 Å². The summed E-state index contributed by atoms with van der Waals surface area (Å²) in [5.41, 5.74) is 2.12. The summed E-state index contributed by atoms with van der Waals surface area (Å²) in [7, 11) is 0. The first kappa shape index (κ1) is 9.77. The number of nitrogens with zero attached hydrogens (tertiary/aromatic N) is 1. The molecule has 0 aliphatic carbocycles. The topological polar surface area (TPSA) is 40.5 Å². The number of rotatable bonds is 3. The van der Waals surface area contributed by atoms with E-state index < -0.39 is 12.0 Å². The second-order valence-electron chi connectivity index (χ2n) is 3.63. The third-order valence-electron chi connectivity index (χ3n) is 2.70. The molecular weight excluding hydrogens is 190 g/mol. The van der Waals surface area contributed by atoms with Crippen LogP contribution in [0.5, 0.6) is 0 Å². The molecule has 15 heavy (non-hydrogen) atoms. The fraction of sp³-hybridized carbons (Fsp3) is 0.250. The van der Waals surface area contributed by atoms with Gasteiger partial charge in [0.25, 0.3) is 0 Å². The minimum atomic E-state index is -0.770. The van der Waals surface area contributed by atoms with Gasteiger partial charge in [-0.25, -0.2) is 4.79 Å². The molecule has 1 N–H and O–H groups in total. The van der Waals surface area contributed by atoms with E-state index in [2.05, 4.69) is 6.58 Å². The maximum atomic E-state index is 11.1. The minimum Gasteiger partial charge on any atom is -0.480 e. The van der Waals surface area contributed by atoms with Crippen LogP contribution in [0.25, 0.3) is 0 Å². The molecule has 0 bridgehead atoms. The lowest BCUT2D eigenvalue weighted by Crippen LogP contribution is -2.38. The second kappa shape index (κ2) is 3.77. The normalized spacial score (nSPS) is 18.7. The summed E-state index contributed by atoms with van der Waals surface area (Å²) < 4.78 is 0. The SMILES string of the molecule is C=CCN1c2ccccc2CC1C(=O)O. The molecule has 78 valence electrons. The predicted molar refractivity (Wildman–Crippen MR) is 59.1 cm³/mol. The molecule has 1 heterocycles. The molecule has 1 aromatic rings. The average Bonchev–Trinajstić information content (AvgIpc) is 2.58. The van der Waals surface area contributed by atoms with E-state index in [1.165, 1.54) is 0 Å². The molecule has 0 saturated heterocycles. The smallest absolute Gasteiger partial charge is 0.326 e. The summed E-state index contributed by atoms with van der Waals surface area (Å²) in [6, 6.07) is 7.37. The highest BCUT2D eigenvalue weighted by Crippen LogP contribution is 2.31. The fourth-order valence-electron chi connectivity index (χ4n) is 2.04. The van der Waals surface area contributed by atoms with E-state index in [1.807, 2.05) is 29.2 Å². The Kier molecular flexibility index (Phi) is 2.46. The van der Waals surface area contributed by atoms with Gasteiger partial charge in [-0.2, -0.15) is 0 Å². The van der Waals surface area contributed by atoms with Gasteiger partial charge in [-0.3, -0.25) is 0 Å². The van der Waals surface area contributed by atoms with Crippen LogP contribution in [0.3, 0.4) is 0 Å². The highest BCUT2D eigenvalue weighted by molar-refractivity contribution is 5.82. The lowest BCUT2D eigenvalue weighted by atomic mass is 10.1. The Bertz CT molecular complexity index is 400. The van der Waals surface area contributed by atoms with Crippen LogP contribution in [0.2, 0.25) is 0 Å². The number of carboxylic acid groups (broad SMARTS) is 1. The molecule has 0 saturated carbocycles. The van der Waals surface area contributed by atoms with Crippen LogP contribution in [-0.4, -0.2) is 23.7 Å². The average molecular weight is 203 g/mol. The van der Waals surface area contributed by atoms with E-state index in [1.54, 1.807) is 6.08 Å². The molecular formula is C12H13NO2. The number of anilines is 1. The largest absolute Gasteiger partial charge is 0.480 e. The van der Waals surface area contributed by atoms with Crippen LogP contribution in [0.15, 0.2) is 36.9 Å². The summed E-state index contributed by atoms with van der Waals surface area (Å²) in [5, 5.41) is 9.11. The van der Waals surface area contributed by atoms with Gasteiger partial charge in [0.15, 0.2) is 0 Å². The molecule has 3 heteroatoms. The van der Waals surface area contributed by atoms with Crippen molar-refractivity contribution in [3.63, 3.8) is 0 Å². The Morgan fingerprint density at radius 3 is 3.00 bits per heavy atom. The second-order valence-corrected chi connectivity index (χ2v) is 3.63. The third-order valence-corrected chi connectivity index (χ3v) is 2.70. The number of fused-ring (bicyclic) bond motifs is 1. The van der Waals surface area contributed by atoms with Crippen LogP contribution in [-0.2, 0) is 11.2 Å². The van der Waals surface area contributed by atoms with Gasteiger partial charge in [-0.05, 0) is 11.6 Å². The van der Waals surface area contributed by atoms with E-state index in [0.29, 0.717) is 13.0 Å². The highest BCUT2D eigenvalue weighted by Gasteiger charge is 2.33. The van der Waals surface area contributed by atoms with Crippen molar-refractivity contribution in [3.05, 3.63) is 42.5 Å². The number of benzene rings is 1. The molecule has 0 amide bonds. The van der Waals surface area contributed by atoms with Gasteiger partial charge in [0.05, 0.1) is 0 Å². The van der Waals surface area contributed by atoms with Crippen molar-refractivity contribution in [2.24, 2.45) is 0 Å². The maximum Gasteiger partial charge on any atom is 0.326 e. The molecule has 3 nitrogen and oxygen atoms in total. The van der Waals surface area contributed by atoms with Crippen molar-refractivity contribution in [1.82, 2.24) is 0 Å². The molecule has 0 fully saturated rings. The van der Waals surface area contributed by atoms with Crippen LogP contribution in [0.4, 0.5) is 5.69 Å². The first-order valence-electron chi connectivity index (χ1n) is 4.92. The molecule has 2 rings (SSSR count). The molecule has 0 aromatic heterocycles. The monoisotopic (exact) mass is 203 g/mol. The Morgan fingerprint density at radius 1 is 1.60 bits per heavy atom. The molecule has 0 radical (unpaired) electrons. The Labute approximate surface area is 88.6 Å². The number of hydrogen-bond acceptors (Lipinski definition) is 2. The van der Waals surface area contributed by atoms with Crippen molar-refractivity contribution in [1.29, 1.82) is 0 Å². The first-order chi connectivity index (χ1) is 7.24.